The summed E-state index contributed by atoms with van der Waals surface area (Å²) in [5, 5.41) is 7.53. The maximum Gasteiger partial charge on any atom is 0.143 e. The first kappa shape index (κ1) is 14.8. The number of nitrogens with zero attached hydrogens (tertiary/aromatic N) is 1. The maximum atomic E-state index is 7.53. The van der Waals surface area contributed by atoms with Crippen LogP contribution in [-0.4, -0.2) is 17.1 Å². The zero-order valence-corrected chi connectivity index (χ0v) is 10.7. The van der Waals surface area contributed by atoms with Crippen LogP contribution in [0.2, 0.25) is 0 Å². The second kappa shape index (κ2) is 7.12. The van der Waals surface area contributed by atoms with Crippen molar-refractivity contribution < 1.29 is 0 Å². The minimum absolute atomic E-state index is 0.273. The van der Waals surface area contributed by atoms with Crippen LogP contribution in [0.3, 0.4) is 0 Å². The summed E-state index contributed by atoms with van der Waals surface area (Å²) in [5.74, 6) is 0.273. The fraction of sp³-hybridized carbons (Fsp3) is 0.538. The van der Waals surface area contributed by atoms with Crippen molar-refractivity contribution in [2.75, 3.05) is 0 Å². The predicted molar refractivity (Wildman–Crippen MR) is 72.3 cm³/mol. The summed E-state index contributed by atoms with van der Waals surface area (Å²) < 4.78 is 0. The quantitative estimate of drug-likeness (QED) is 0.418. The zero-order chi connectivity index (χ0) is 12.6. The molecule has 0 saturated carbocycles. The van der Waals surface area contributed by atoms with Gasteiger partial charge >= 0.3 is 0 Å². The van der Waals surface area contributed by atoms with E-state index in [9.17, 15) is 0 Å². The van der Waals surface area contributed by atoms with Crippen LogP contribution in [-0.2, 0) is 0 Å². The first-order chi connectivity index (χ1) is 7.37. The summed E-state index contributed by atoms with van der Waals surface area (Å²) in [6, 6.07) is 0. The number of nitrogens with two attached hydrogens (primary N) is 1. The summed E-state index contributed by atoms with van der Waals surface area (Å²) >= 11 is 0. The highest BCUT2D eigenvalue weighted by Gasteiger charge is 2.10. The molecule has 1 atom stereocenters. The number of allylic oxidation sites excluding steroid dienone is 1. The molecule has 3 heteroatoms. The van der Waals surface area contributed by atoms with E-state index in [0.717, 1.165) is 12.1 Å². The zero-order valence-electron chi connectivity index (χ0n) is 10.7. The van der Waals surface area contributed by atoms with Crippen molar-refractivity contribution in [3.8, 4) is 0 Å². The summed E-state index contributed by atoms with van der Waals surface area (Å²) in [4.78, 5) is 4.01. The third kappa shape index (κ3) is 8.12. The lowest BCUT2D eigenvalue weighted by Gasteiger charge is -2.17. The average Bonchev–Trinajstić information content (AvgIpc) is 2.13. The van der Waals surface area contributed by atoms with Gasteiger partial charge in [-0.1, -0.05) is 25.2 Å². The predicted octanol–water partition coefficient (Wildman–Crippen LogP) is 3.07. The van der Waals surface area contributed by atoms with Crippen LogP contribution in [0.4, 0.5) is 0 Å². The molecule has 0 saturated heterocycles. The highest BCUT2D eigenvalue weighted by atomic mass is 14.8. The molecule has 3 nitrogen and oxygen atoms in total. The lowest BCUT2D eigenvalue weighted by atomic mass is 9.98. The molecule has 0 aromatic rings. The highest BCUT2D eigenvalue weighted by molar-refractivity contribution is 6.00. The van der Waals surface area contributed by atoms with Crippen LogP contribution in [0.25, 0.3) is 0 Å². The van der Waals surface area contributed by atoms with E-state index in [1.807, 2.05) is 32.9 Å². The van der Waals surface area contributed by atoms with Crippen molar-refractivity contribution in [3.05, 3.63) is 24.3 Å². The van der Waals surface area contributed by atoms with Crippen LogP contribution in [0, 0.1) is 5.41 Å². The van der Waals surface area contributed by atoms with Crippen molar-refractivity contribution in [1.82, 2.24) is 0 Å². The Hall–Kier alpha value is -1.22. The van der Waals surface area contributed by atoms with Gasteiger partial charge in [-0.15, -0.1) is 0 Å². The summed E-state index contributed by atoms with van der Waals surface area (Å²) in [7, 11) is 0. The van der Waals surface area contributed by atoms with Gasteiger partial charge in [0.05, 0.1) is 0 Å². The number of hydrogen-bond donors (Lipinski definition) is 2. The molecule has 0 aromatic carbocycles. The fourth-order valence-electron chi connectivity index (χ4n) is 1.16. The van der Waals surface area contributed by atoms with E-state index in [-0.39, 0.29) is 11.4 Å². The van der Waals surface area contributed by atoms with Crippen molar-refractivity contribution in [1.29, 1.82) is 5.41 Å². The number of aliphatic imine (C=N–C) groups is 1. The molecule has 0 amide bonds. The van der Waals surface area contributed by atoms with Gasteiger partial charge < -0.3 is 5.73 Å². The lowest BCUT2D eigenvalue weighted by molar-refractivity contribution is 0.593. The molecule has 0 aliphatic heterocycles. The Balaban J connectivity index is 4.23. The highest BCUT2D eigenvalue weighted by Crippen LogP contribution is 2.09. The first-order valence-corrected chi connectivity index (χ1v) is 5.61. The second-order valence-corrected chi connectivity index (χ2v) is 4.37. The Bertz CT molecular complexity index is 305. The molecule has 1 unspecified atom stereocenters. The topological polar surface area (TPSA) is 62.2 Å². The van der Waals surface area contributed by atoms with E-state index < -0.39 is 0 Å². The Morgan fingerprint density at radius 1 is 1.38 bits per heavy atom. The molecular weight excluding hydrogens is 198 g/mol. The molecule has 0 bridgehead atoms. The van der Waals surface area contributed by atoms with E-state index in [2.05, 4.69) is 18.0 Å². The molecule has 0 radical (unpaired) electrons. The Labute approximate surface area is 98.7 Å². The van der Waals surface area contributed by atoms with Gasteiger partial charge in [-0.25, -0.2) is 4.99 Å². The average molecular weight is 221 g/mol. The van der Waals surface area contributed by atoms with E-state index in [4.69, 9.17) is 11.1 Å². The third-order valence-electron chi connectivity index (χ3n) is 1.91. The minimum atomic E-state index is -0.336. The summed E-state index contributed by atoms with van der Waals surface area (Å²) in [6.07, 6.45) is 9.37. The van der Waals surface area contributed by atoms with Gasteiger partial charge in [0.2, 0.25) is 0 Å². The van der Waals surface area contributed by atoms with E-state index in [1.165, 1.54) is 0 Å². The monoisotopic (exact) mass is 221 g/mol. The van der Waals surface area contributed by atoms with Crippen LogP contribution in [0.1, 0.15) is 40.5 Å². The van der Waals surface area contributed by atoms with Crippen molar-refractivity contribution in [2.45, 2.75) is 46.1 Å². The van der Waals surface area contributed by atoms with E-state index in [1.54, 1.807) is 6.08 Å². The largest absolute Gasteiger partial charge is 0.322 e. The number of amidine groups is 1. The molecule has 0 aliphatic rings. The molecule has 16 heavy (non-hydrogen) atoms. The van der Waals surface area contributed by atoms with Gasteiger partial charge in [-0.2, -0.15) is 0 Å². The smallest absolute Gasteiger partial charge is 0.143 e. The molecule has 0 spiro atoms. The van der Waals surface area contributed by atoms with Gasteiger partial charge in [0.25, 0.3) is 0 Å². The van der Waals surface area contributed by atoms with Crippen molar-refractivity contribution in [3.63, 3.8) is 0 Å². The molecule has 0 fully saturated rings. The summed E-state index contributed by atoms with van der Waals surface area (Å²) in [6.45, 7) is 7.80. The minimum Gasteiger partial charge on any atom is -0.322 e. The van der Waals surface area contributed by atoms with Crippen molar-refractivity contribution >= 4 is 11.5 Å². The number of hydrogen-bond acceptors (Lipinski definition) is 2. The second-order valence-electron chi connectivity index (χ2n) is 4.37. The Kier molecular flexibility index (Phi) is 6.58. The molecule has 0 aliphatic carbocycles. The SMILES string of the molecule is CC/C=C\C(C)(N)C/C=C\C(=N)N=C(C)C. The van der Waals surface area contributed by atoms with Crippen LogP contribution >= 0.6 is 0 Å². The molecule has 0 rings (SSSR count). The Morgan fingerprint density at radius 3 is 2.50 bits per heavy atom. The van der Waals surface area contributed by atoms with Crippen LogP contribution in [0.15, 0.2) is 29.3 Å². The van der Waals surface area contributed by atoms with Crippen molar-refractivity contribution in [2.24, 2.45) is 10.7 Å². The fourth-order valence-corrected chi connectivity index (χ4v) is 1.16. The molecule has 0 heterocycles. The summed E-state index contributed by atoms with van der Waals surface area (Å²) in [5.41, 5.74) is 6.60. The van der Waals surface area contributed by atoms with Gasteiger partial charge in [0, 0.05) is 11.3 Å². The van der Waals surface area contributed by atoms with Gasteiger partial charge in [-0.3, -0.25) is 5.41 Å². The normalized spacial score (nSPS) is 15.3. The number of nitrogens with one attached hydrogen (secondary N) is 1. The van der Waals surface area contributed by atoms with E-state index in [0.29, 0.717) is 6.42 Å². The van der Waals surface area contributed by atoms with Gasteiger partial charge in [0.15, 0.2) is 0 Å². The molecule has 0 aromatic heterocycles. The molecule has 90 valence electrons. The first-order valence-electron chi connectivity index (χ1n) is 5.61. The lowest BCUT2D eigenvalue weighted by Crippen LogP contribution is -2.32. The van der Waals surface area contributed by atoms with Crippen LogP contribution in [0.5, 0.6) is 0 Å². The molecular formula is C13H23N3. The van der Waals surface area contributed by atoms with E-state index >= 15 is 0 Å². The maximum absolute atomic E-state index is 7.53. The third-order valence-corrected chi connectivity index (χ3v) is 1.91. The standard InChI is InChI=1S/C13H23N3/c1-5-6-9-13(4,15)10-7-8-12(14)16-11(2)3/h6-9,14H,5,10,15H2,1-4H3/b8-7-,9-6-,14-12?. The van der Waals surface area contributed by atoms with Gasteiger partial charge in [-0.05, 0) is 39.7 Å². The Morgan fingerprint density at radius 2 is 2.00 bits per heavy atom. The molecule has 3 N–H and O–H groups in total. The van der Waals surface area contributed by atoms with Crippen LogP contribution < -0.4 is 5.73 Å². The number of rotatable bonds is 5. The van der Waals surface area contributed by atoms with Gasteiger partial charge in [0.1, 0.15) is 5.84 Å².